The molecule has 1 aromatic heterocycles. The fourth-order valence-corrected chi connectivity index (χ4v) is 1.14. The molecule has 0 atom stereocenters. The highest BCUT2D eigenvalue weighted by molar-refractivity contribution is 14.0. The summed E-state index contributed by atoms with van der Waals surface area (Å²) in [7, 11) is 0. The molecule has 0 aliphatic heterocycles. The van der Waals surface area contributed by atoms with Gasteiger partial charge in [-0.1, -0.05) is 5.16 Å². The van der Waals surface area contributed by atoms with E-state index in [1.807, 2.05) is 13.0 Å². The van der Waals surface area contributed by atoms with E-state index < -0.39 is 0 Å². The van der Waals surface area contributed by atoms with Crippen molar-refractivity contribution in [3.05, 3.63) is 18.0 Å². The van der Waals surface area contributed by atoms with Crippen LogP contribution in [0.4, 0.5) is 0 Å². The molecule has 5 nitrogen and oxygen atoms in total. The van der Waals surface area contributed by atoms with E-state index in [-0.39, 0.29) is 29.5 Å². The Hall–Kier alpha value is -0.790. The molecule has 0 unspecified atom stereocenters. The summed E-state index contributed by atoms with van der Waals surface area (Å²) in [5, 5.41) is 10.3. The van der Waals surface area contributed by atoms with Crippen molar-refractivity contribution in [2.45, 2.75) is 39.8 Å². The van der Waals surface area contributed by atoms with Crippen LogP contribution in [-0.4, -0.2) is 23.2 Å². The molecule has 98 valence electrons. The zero-order chi connectivity index (χ0) is 12.0. The molecule has 0 fully saturated rings. The van der Waals surface area contributed by atoms with Gasteiger partial charge in [0.15, 0.2) is 5.96 Å². The Labute approximate surface area is 119 Å². The van der Waals surface area contributed by atoms with Gasteiger partial charge in [-0.3, -0.25) is 0 Å². The normalized spacial score (nSPS) is 11.9. The second kappa shape index (κ2) is 7.52. The molecule has 0 aliphatic rings. The third-order valence-corrected chi connectivity index (χ3v) is 1.73. The van der Waals surface area contributed by atoms with Crippen molar-refractivity contribution >= 4 is 29.9 Å². The monoisotopic (exact) mass is 352 g/mol. The van der Waals surface area contributed by atoms with Gasteiger partial charge in [-0.15, -0.1) is 24.0 Å². The van der Waals surface area contributed by atoms with E-state index in [9.17, 15) is 0 Å². The highest BCUT2D eigenvalue weighted by Crippen LogP contribution is 2.00. The molecule has 1 rings (SSSR count). The van der Waals surface area contributed by atoms with Crippen molar-refractivity contribution in [1.29, 1.82) is 0 Å². The van der Waals surface area contributed by atoms with Crippen molar-refractivity contribution in [1.82, 2.24) is 15.8 Å². The number of aromatic nitrogens is 1. The summed E-state index contributed by atoms with van der Waals surface area (Å²) in [4.78, 5) is 4.41. The van der Waals surface area contributed by atoms with Gasteiger partial charge in [-0.25, -0.2) is 4.99 Å². The largest absolute Gasteiger partial charge is 0.364 e. The van der Waals surface area contributed by atoms with Crippen LogP contribution in [-0.2, 0) is 6.54 Å². The van der Waals surface area contributed by atoms with E-state index in [1.165, 1.54) is 0 Å². The molecule has 6 heteroatoms. The number of halogens is 1. The summed E-state index contributed by atoms with van der Waals surface area (Å²) in [5.74, 6) is 0.790. The Bertz CT molecular complexity index is 330. The Morgan fingerprint density at radius 2 is 2.18 bits per heavy atom. The molecule has 0 aliphatic carbocycles. The number of aliphatic imine (C=N–C) groups is 1. The van der Waals surface area contributed by atoms with Crippen molar-refractivity contribution in [2.24, 2.45) is 4.99 Å². The summed E-state index contributed by atoms with van der Waals surface area (Å²) < 4.78 is 4.75. The lowest BCUT2D eigenvalue weighted by Gasteiger charge is -2.23. The molecule has 0 saturated heterocycles. The molecule has 0 saturated carbocycles. The van der Waals surface area contributed by atoms with Crippen LogP contribution < -0.4 is 10.6 Å². The van der Waals surface area contributed by atoms with E-state index in [0.717, 1.165) is 18.2 Å². The zero-order valence-corrected chi connectivity index (χ0v) is 13.1. The molecule has 0 radical (unpaired) electrons. The molecular weight excluding hydrogens is 331 g/mol. The minimum absolute atomic E-state index is 0. The summed E-state index contributed by atoms with van der Waals surface area (Å²) in [6.45, 7) is 9.67. The fourth-order valence-electron chi connectivity index (χ4n) is 1.14. The molecular formula is C11H21IN4O. The van der Waals surface area contributed by atoms with E-state index in [0.29, 0.717) is 6.54 Å². The fraction of sp³-hybridized carbons (Fsp3) is 0.636. The highest BCUT2D eigenvalue weighted by Gasteiger charge is 2.11. The van der Waals surface area contributed by atoms with Crippen LogP contribution in [0.5, 0.6) is 0 Å². The first kappa shape index (κ1) is 16.2. The third kappa shape index (κ3) is 7.19. The predicted molar refractivity (Wildman–Crippen MR) is 79.6 cm³/mol. The summed E-state index contributed by atoms with van der Waals surface area (Å²) in [6, 6.07) is 1.81. The van der Waals surface area contributed by atoms with Crippen LogP contribution in [0.15, 0.2) is 21.8 Å². The number of nitrogens with zero attached hydrogens (tertiary/aromatic N) is 2. The van der Waals surface area contributed by atoms with Gasteiger partial charge in [0.1, 0.15) is 12.0 Å². The van der Waals surface area contributed by atoms with Gasteiger partial charge in [0.05, 0.1) is 6.54 Å². The van der Waals surface area contributed by atoms with Gasteiger partial charge in [-0.2, -0.15) is 0 Å². The van der Waals surface area contributed by atoms with Crippen molar-refractivity contribution in [3.8, 4) is 0 Å². The quantitative estimate of drug-likeness (QED) is 0.497. The Kier molecular flexibility index (Phi) is 7.17. The lowest BCUT2D eigenvalue weighted by Crippen LogP contribution is -2.47. The number of guanidine groups is 1. The van der Waals surface area contributed by atoms with E-state index in [4.69, 9.17) is 4.52 Å². The van der Waals surface area contributed by atoms with Gasteiger partial charge < -0.3 is 15.2 Å². The van der Waals surface area contributed by atoms with Crippen LogP contribution in [0, 0.1) is 0 Å². The number of nitrogens with one attached hydrogen (secondary N) is 2. The molecule has 0 bridgehead atoms. The van der Waals surface area contributed by atoms with Crippen LogP contribution in [0.3, 0.4) is 0 Å². The van der Waals surface area contributed by atoms with E-state index >= 15 is 0 Å². The standard InChI is InChI=1S/C11H20N4O.HI/c1-5-12-10(14-11(2,3)4)13-8-9-6-7-16-15-9;/h6-7H,5,8H2,1-4H3,(H2,12,13,14);1H. The molecule has 0 amide bonds. The van der Waals surface area contributed by atoms with Crippen LogP contribution in [0.25, 0.3) is 0 Å². The van der Waals surface area contributed by atoms with Crippen molar-refractivity contribution in [3.63, 3.8) is 0 Å². The Balaban J connectivity index is 0.00000256. The van der Waals surface area contributed by atoms with E-state index in [1.54, 1.807) is 6.26 Å². The third-order valence-electron chi connectivity index (χ3n) is 1.73. The highest BCUT2D eigenvalue weighted by atomic mass is 127. The van der Waals surface area contributed by atoms with Crippen molar-refractivity contribution < 1.29 is 4.52 Å². The zero-order valence-electron chi connectivity index (χ0n) is 10.8. The lowest BCUT2D eigenvalue weighted by molar-refractivity contribution is 0.412. The number of hydrogen-bond acceptors (Lipinski definition) is 3. The van der Waals surface area contributed by atoms with Gasteiger partial charge in [-0.05, 0) is 27.7 Å². The second-order valence-corrected chi connectivity index (χ2v) is 4.56. The lowest BCUT2D eigenvalue weighted by atomic mass is 10.1. The van der Waals surface area contributed by atoms with Crippen LogP contribution in [0.1, 0.15) is 33.4 Å². The molecule has 2 N–H and O–H groups in total. The average Bonchev–Trinajstić information content (AvgIpc) is 2.64. The van der Waals surface area contributed by atoms with Gasteiger partial charge in [0, 0.05) is 18.2 Å². The predicted octanol–water partition coefficient (Wildman–Crippen LogP) is 2.15. The first-order chi connectivity index (χ1) is 7.51. The first-order valence-electron chi connectivity index (χ1n) is 5.47. The van der Waals surface area contributed by atoms with Gasteiger partial charge in [0.2, 0.25) is 0 Å². The van der Waals surface area contributed by atoms with Gasteiger partial charge in [0.25, 0.3) is 0 Å². The van der Waals surface area contributed by atoms with E-state index in [2.05, 4.69) is 41.6 Å². The number of hydrogen-bond donors (Lipinski definition) is 2. The summed E-state index contributed by atoms with van der Waals surface area (Å²) in [5.41, 5.74) is 0.816. The molecule has 1 heterocycles. The topological polar surface area (TPSA) is 62.5 Å². The van der Waals surface area contributed by atoms with Gasteiger partial charge >= 0.3 is 0 Å². The summed E-state index contributed by atoms with van der Waals surface area (Å²) in [6.07, 6.45) is 1.55. The molecule has 0 spiro atoms. The Morgan fingerprint density at radius 3 is 2.65 bits per heavy atom. The van der Waals surface area contributed by atoms with Crippen LogP contribution >= 0.6 is 24.0 Å². The Morgan fingerprint density at radius 1 is 1.47 bits per heavy atom. The smallest absolute Gasteiger partial charge is 0.192 e. The van der Waals surface area contributed by atoms with Crippen molar-refractivity contribution in [2.75, 3.05) is 6.54 Å². The molecule has 0 aromatic carbocycles. The van der Waals surface area contributed by atoms with Crippen LogP contribution in [0.2, 0.25) is 0 Å². The number of rotatable bonds is 3. The minimum atomic E-state index is -0.00910. The molecule has 1 aromatic rings. The maximum atomic E-state index is 4.75. The average molecular weight is 352 g/mol. The second-order valence-electron chi connectivity index (χ2n) is 4.56. The summed E-state index contributed by atoms with van der Waals surface area (Å²) >= 11 is 0. The maximum Gasteiger partial charge on any atom is 0.192 e. The minimum Gasteiger partial charge on any atom is -0.364 e. The SMILES string of the molecule is CCNC(=NCc1ccon1)NC(C)(C)C.I. The molecule has 17 heavy (non-hydrogen) atoms. The maximum absolute atomic E-state index is 4.75. The first-order valence-corrected chi connectivity index (χ1v) is 5.47.